The molecular weight excluding hydrogens is 551 g/mol. The summed E-state index contributed by atoms with van der Waals surface area (Å²) in [4.78, 5) is 44.7. The van der Waals surface area contributed by atoms with E-state index in [2.05, 4.69) is 15.9 Å². The summed E-state index contributed by atoms with van der Waals surface area (Å²) in [5.41, 5.74) is 2.50. The molecule has 0 bridgehead atoms. The van der Waals surface area contributed by atoms with Crippen LogP contribution in [-0.2, 0) is 9.59 Å². The summed E-state index contributed by atoms with van der Waals surface area (Å²) < 4.78 is 0.841. The number of Topliss-reactive ketones (excluding diaryl/α,β-unsaturated/α-hetero) is 1. The number of rotatable bonds is 3. The van der Waals surface area contributed by atoms with E-state index in [1.54, 1.807) is 60.7 Å². The van der Waals surface area contributed by atoms with Crippen LogP contribution in [0.2, 0.25) is 10.0 Å². The molecule has 0 aromatic heterocycles. The molecule has 3 heterocycles. The normalized spacial score (nSPS) is 24.4. The summed E-state index contributed by atoms with van der Waals surface area (Å²) in [7, 11) is 0. The van der Waals surface area contributed by atoms with Gasteiger partial charge in [0.2, 0.25) is 11.8 Å². The van der Waals surface area contributed by atoms with Gasteiger partial charge in [-0.3, -0.25) is 14.4 Å². The fourth-order valence-corrected chi connectivity index (χ4v) is 6.10. The van der Waals surface area contributed by atoms with Gasteiger partial charge in [0.15, 0.2) is 5.78 Å². The summed E-state index contributed by atoms with van der Waals surface area (Å²) in [6.45, 7) is 0. The number of hydrogen-bond donors (Lipinski definition) is 0. The number of halogens is 3. The molecule has 35 heavy (non-hydrogen) atoms. The molecule has 5 nitrogen and oxygen atoms in total. The highest BCUT2D eigenvalue weighted by Gasteiger charge is 2.64. The Labute approximate surface area is 220 Å². The zero-order chi connectivity index (χ0) is 24.4. The number of anilines is 2. The molecule has 2 fully saturated rings. The third-order valence-corrected chi connectivity index (χ3v) is 7.93. The van der Waals surface area contributed by atoms with Crippen molar-refractivity contribution in [1.82, 2.24) is 0 Å². The van der Waals surface area contributed by atoms with Gasteiger partial charge in [-0.25, -0.2) is 4.90 Å². The molecule has 174 valence electrons. The van der Waals surface area contributed by atoms with Crippen molar-refractivity contribution in [2.24, 2.45) is 11.8 Å². The second-order valence-corrected chi connectivity index (χ2v) is 10.6. The smallest absolute Gasteiger partial charge is 0.240 e. The van der Waals surface area contributed by atoms with Crippen LogP contribution in [-0.4, -0.2) is 29.7 Å². The van der Waals surface area contributed by atoms with Gasteiger partial charge >= 0.3 is 0 Å². The lowest BCUT2D eigenvalue weighted by molar-refractivity contribution is -0.122. The molecule has 0 unspecified atom stereocenters. The van der Waals surface area contributed by atoms with Gasteiger partial charge in [-0.15, -0.1) is 0 Å². The van der Waals surface area contributed by atoms with Gasteiger partial charge in [0.05, 0.1) is 23.6 Å². The Kier molecular flexibility index (Phi) is 5.36. The molecule has 2 saturated heterocycles. The first-order chi connectivity index (χ1) is 16.8. The SMILES string of the molecule is O=C(c1ccc(Br)cc1)[C@@H]1[C@@H]2C(=O)N(c3cccc(Cl)c3)C(=O)[C@@H]2[C@H]2C=Cc3ccc(Cl)cc3N21. The first kappa shape index (κ1) is 22.5. The van der Waals surface area contributed by atoms with E-state index in [0.717, 1.165) is 15.7 Å². The highest BCUT2D eigenvalue weighted by atomic mass is 79.9. The second kappa shape index (κ2) is 8.33. The zero-order valence-corrected chi connectivity index (χ0v) is 21.2. The van der Waals surface area contributed by atoms with Crippen LogP contribution in [0.1, 0.15) is 15.9 Å². The summed E-state index contributed by atoms with van der Waals surface area (Å²) in [6.07, 6.45) is 3.84. The standard InChI is InChI=1S/C27H17BrCl2N2O3/c28-16-8-4-15(5-9-16)25(33)24-23-22(20-11-7-14-6-10-18(30)13-21(14)32(20)24)26(34)31(27(23)35)19-3-1-2-17(29)12-19/h1-13,20,22-24H/t20-,22-,23-,24+/m1/s1. The molecule has 3 aliphatic heterocycles. The van der Waals surface area contributed by atoms with Crippen LogP contribution in [0.3, 0.4) is 0 Å². The third kappa shape index (κ3) is 3.46. The molecule has 4 atom stereocenters. The van der Waals surface area contributed by atoms with E-state index >= 15 is 0 Å². The summed E-state index contributed by atoms with van der Waals surface area (Å²) in [5.74, 6) is -2.51. The Morgan fingerprint density at radius 1 is 0.857 bits per heavy atom. The lowest BCUT2D eigenvalue weighted by atomic mass is 9.86. The number of carbonyl (C=O) groups is 3. The third-order valence-electron chi connectivity index (χ3n) is 6.93. The maximum atomic E-state index is 14.0. The van der Waals surface area contributed by atoms with Crippen LogP contribution in [0.4, 0.5) is 11.4 Å². The van der Waals surface area contributed by atoms with Gasteiger partial charge < -0.3 is 4.90 Å². The van der Waals surface area contributed by atoms with Crippen LogP contribution in [0, 0.1) is 11.8 Å². The number of ketones is 1. The van der Waals surface area contributed by atoms with Crippen molar-refractivity contribution < 1.29 is 14.4 Å². The fraction of sp³-hybridized carbons (Fsp3) is 0.148. The average molecular weight is 568 g/mol. The van der Waals surface area contributed by atoms with Gasteiger partial charge in [0, 0.05) is 25.8 Å². The number of amides is 2. The fourth-order valence-electron chi connectivity index (χ4n) is 5.49. The minimum Gasteiger partial charge on any atom is -0.352 e. The van der Waals surface area contributed by atoms with Crippen molar-refractivity contribution in [3.8, 4) is 0 Å². The lowest BCUT2D eigenvalue weighted by Gasteiger charge is -2.36. The van der Waals surface area contributed by atoms with E-state index in [0.29, 0.717) is 21.3 Å². The van der Waals surface area contributed by atoms with Crippen molar-refractivity contribution in [2.75, 3.05) is 9.80 Å². The highest BCUT2D eigenvalue weighted by molar-refractivity contribution is 9.10. The Morgan fingerprint density at radius 2 is 1.57 bits per heavy atom. The zero-order valence-electron chi connectivity index (χ0n) is 18.1. The van der Waals surface area contributed by atoms with Crippen LogP contribution >= 0.6 is 39.1 Å². The summed E-state index contributed by atoms with van der Waals surface area (Å²) >= 11 is 15.9. The van der Waals surface area contributed by atoms with E-state index in [-0.39, 0.29) is 11.7 Å². The van der Waals surface area contributed by atoms with E-state index < -0.39 is 29.8 Å². The number of carbonyl (C=O) groups excluding carboxylic acids is 3. The lowest BCUT2D eigenvalue weighted by Crippen LogP contribution is -2.48. The van der Waals surface area contributed by atoms with Gasteiger partial charge in [0.25, 0.3) is 0 Å². The largest absolute Gasteiger partial charge is 0.352 e. The van der Waals surface area contributed by atoms with Crippen molar-refractivity contribution in [1.29, 1.82) is 0 Å². The molecule has 3 aromatic rings. The molecule has 0 radical (unpaired) electrons. The molecule has 0 saturated carbocycles. The van der Waals surface area contributed by atoms with Gasteiger partial charge in [-0.05, 0) is 48.0 Å². The average Bonchev–Trinajstić information content (AvgIpc) is 3.32. The minimum absolute atomic E-state index is 0.217. The highest BCUT2D eigenvalue weighted by Crippen LogP contribution is 2.50. The molecule has 0 aliphatic carbocycles. The van der Waals surface area contributed by atoms with E-state index in [4.69, 9.17) is 23.2 Å². The molecule has 3 aromatic carbocycles. The van der Waals surface area contributed by atoms with Gasteiger partial charge in [-0.2, -0.15) is 0 Å². The number of benzene rings is 3. The number of imide groups is 1. The predicted octanol–water partition coefficient (Wildman–Crippen LogP) is 6.03. The molecule has 8 heteroatoms. The Morgan fingerprint density at radius 3 is 2.31 bits per heavy atom. The van der Waals surface area contributed by atoms with Crippen molar-refractivity contribution in [3.05, 3.63) is 98.5 Å². The first-order valence-electron chi connectivity index (χ1n) is 11.0. The second-order valence-electron chi connectivity index (χ2n) is 8.82. The monoisotopic (exact) mass is 566 g/mol. The summed E-state index contributed by atoms with van der Waals surface area (Å²) in [5, 5.41) is 0.938. The van der Waals surface area contributed by atoms with Crippen molar-refractivity contribution in [2.45, 2.75) is 12.1 Å². The topological polar surface area (TPSA) is 57.7 Å². The molecule has 3 aliphatic rings. The summed E-state index contributed by atoms with van der Waals surface area (Å²) in [6, 6.07) is 17.8. The van der Waals surface area contributed by atoms with Gasteiger partial charge in [-0.1, -0.05) is 75.5 Å². The molecule has 6 rings (SSSR count). The maximum absolute atomic E-state index is 14.0. The number of nitrogens with zero attached hydrogens (tertiary/aromatic N) is 2. The van der Waals surface area contributed by atoms with Crippen molar-refractivity contribution in [3.63, 3.8) is 0 Å². The molecule has 0 N–H and O–H groups in total. The predicted molar refractivity (Wildman–Crippen MR) is 140 cm³/mol. The van der Waals surface area contributed by atoms with Crippen molar-refractivity contribution >= 4 is 74.2 Å². The van der Waals surface area contributed by atoms with E-state index in [1.165, 1.54) is 4.90 Å². The van der Waals surface area contributed by atoms with Crippen LogP contribution in [0.15, 0.2) is 77.3 Å². The van der Waals surface area contributed by atoms with E-state index in [9.17, 15) is 14.4 Å². The Bertz CT molecular complexity index is 1440. The number of hydrogen-bond acceptors (Lipinski definition) is 4. The van der Waals surface area contributed by atoms with Crippen LogP contribution < -0.4 is 9.80 Å². The molecular formula is C27H17BrCl2N2O3. The van der Waals surface area contributed by atoms with E-state index in [1.807, 2.05) is 23.1 Å². The quantitative estimate of drug-likeness (QED) is 0.286. The minimum atomic E-state index is -0.867. The van der Waals surface area contributed by atoms with Crippen LogP contribution in [0.25, 0.3) is 6.08 Å². The van der Waals surface area contributed by atoms with Gasteiger partial charge in [0.1, 0.15) is 6.04 Å². The Hall–Kier alpha value is -2.93. The Balaban J connectivity index is 1.51. The molecule has 2 amide bonds. The van der Waals surface area contributed by atoms with Crippen LogP contribution in [0.5, 0.6) is 0 Å². The number of fused-ring (bicyclic) bond motifs is 5. The maximum Gasteiger partial charge on any atom is 0.240 e. The first-order valence-corrected chi connectivity index (χ1v) is 12.6. The molecule has 0 spiro atoms.